The summed E-state index contributed by atoms with van der Waals surface area (Å²) >= 11 is 0. The van der Waals surface area contributed by atoms with E-state index in [0.717, 1.165) is 32.1 Å². The summed E-state index contributed by atoms with van der Waals surface area (Å²) in [5.41, 5.74) is 1.74. The van der Waals surface area contributed by atoms with Crippen LogP contribution in [0.2, 0.25) is 0 Å². The third-order valence-electron chi connectivity index (χ3n) is 5.71. The number of anilines is 1. The molecule has 5 rings (SSSR count). The van der Waals surface area contributed by atoms with Gasteiger partial charge in [-0.25, -0.2) is 0 Å². The molecule has 0 amide bonds. The second-order valence-electron chi connectivity index (χ2n) is 7.64. The number of nitriles is 1. The molecule has 0 aliphatic carbocycles. The Morgan fingerprint density at radius 2 is 1.53 bits per heavy atom. The van der Waals surface area contributed by atoms with Gasteiger partial charge < -0.3 is 28.6 Å². The van der Waals surface area contributed by atoms with Crippen molar-refractivity contribution in [2.75, 3.05) is 44.4 Å². The molecule has 156 valence electrons. The lowest BCUT2D eigenvalue weighted by Gasteiger charge is -2.29. The topological polar surface area (TPSA) is 73.2 Å². The lowest BCUT2D eigenvalue weighted by atomic mass is 10.1. The fraction of sp³-hybridized carbons (Fsp3) is 0.435. The van der Waals surface area contributed by atoms with Crippen LogP contribution in [0, 0.1) is 11.3 Å². The second kappa shape index (κ2) is 8.52. The summed E-state index contributed by atoms with van der Waals surface area (Å²) in [5.74, 6) is 1.45. The van der Waals surface area contributed by atoms with E-state index in [2.05, 4.69) is 23.1 Å². The molecular formula is C23H24N2O5. The summed E-state index contributed by atoms with van der Waals surface area (Å²) in [6, 6.07) is 17.4. The van der Waals surface area contributed by atoms with E-state index in [-0.39, 0.29) is 24.4 Å². The minimum absolute atomic E-state index is 0.173. The molecular weight excluding hydrogens is 384 g/mol. The maximum Gasteiger partial charge on any atom is 0.151 e. The van der Waals surface area contributed by atoms with Gasteiger partial charge in [-0.05, 0) is 42.5 Å². The lowest BCUT2D eigenvalue weighted by molar-refractivity contribution is 0.0181. The van der Waals surface area contributed by atoms with E-state index in [0.29, 0.717) is 24.5 Å². The van der Waals surface area contributed by atoms with Gasteiger partial charge in [0.15, 0.2) is 12.2 Å². The van der Waals surface area contributed by atoms with Crippen LogP contribution >= 0.6 is 0 Å². The van der Waals surface area contributed by atoms with Gasteiger partial charge in [-0.3, -0.25) is 0 Å². The average Bonchev–Trinajstić information content (AvgIpc) is 3.38. The maximum absolute atomic E-state index is 9.06. The molecule has 3 heterocycles. The van der Waals surface area contributed by atoms with Crippen LogP contribution in [0.25, 0.3) is 0 Å². The Morgan fingerprint density at radius 3 is 2.20 bits per heavy atom. The molecule has 0 N–H and O–H groups in total. The van der Waals surface area contributed by atoms with Crippen LogP contribution in [0.5, 0.6) is 11.5 Å². The van der Waals surface area contributed by atoms with Crippen molar-refractivity contribution in [2.24, 2.45) is 0 Å². The lowest BCUT2D eigenvalue weighted by Crippen LogP contribution is -2.36. The predicted octanol–water partition coefficient (Wildman–Crippen LogP) is 2.39. The molecule has 2 aromatic rings. The van der Waals surface area contributed by atoms with E-state index in [1.807, 2.05) is 24.3 Å². The highest BCUT2D eigenvalue weighted by molar-refractivity contribution is 5.49. The summed E-state index contributed by atoms with van der Waals surface area (Å²) in [5, 5.41) is 9.06. The van der Waals surface area contributed by atoms with Crippen LogP contribution in [-0.2, 0) is 14.2 Å². The van der Waals surface area contributed by atoms with Gasteiger partial charge in [0.2, 0.25) is 0 Å². The Labute approximate surface area is 175 Å². The first-order chi connectivity index (χ1) is 14.8. The van der Waals surface area contributed by atoms with Gasteiger partial charge in [-0.1, -0.05) is 6.07 Å². The molecule has 0 radical (unpaired) electrons. The van der Waals surface area contributed by atoms with Crippen molar-refractivity contribution in [1.29, 1.82) is 5.26 Å². The minimum atomic E-state index is -0.221. The average molecular weight is 408 g/mol. The van der Waals surface area contributed by atoms with E-state index in [9.17, 15) is 0 Å². The number of fused-ring (bicyclic) bond motifs is 1. The first-order valence-corrected chi connectivity index (χ1v) is 10.3. The Kier molecular flexibility index (Phi) is 5.45. The number of benzene rings is 2. The summed E-state index contributed by atoms with van der Waals surface area (Å²) in [4.78, 5) is 2.31. The molecule has 0 saturated carbocycles. The van der Waals surface area contributed by atoms with Gasteiger partial charge in [0.05, 0.1) is 38.1 Å². The monoisotopic (exact) mass is 408 g/mol. The molecule has 7 nitrogen and oxygen atoms in total. The summed E-state index contributed by atoms with van der Waals surface area (Å²) in [7, 11) is 0. The van der Waals surface area contributed by atoms with Crippen LogP contribution in [0.1, 0.15) is 5.56 Å². The van der Waals surface area contributed by atoms with Crippen LogP contribution in [-0.4, -0.2) is 63.9 Å². The molecule has 0 aromatic heterocycles. The van der Waals surface area contributed by atoms with Crippen molar-refractivity contribution in [3.8, 4) is 17.6 Å². The van der Waals surface area contributed by atoms with Crippen LogP contribution in [0.4, 0.5) is 5.69 Å². The van der Waals surface area contributed by atoms with Gasteiger partial charge in [0.1, 0.15) is 23.7 Å². The standard InChI is InChI=1S/C23H24N2O5/c24-13-16-2-1-3-19(12-16)30-21-15-28-22-20(14-27-23(21)22)29-18-6-4-17(5-7-18)25-8-10-26-11-9-25/h1-7,12,20-23H,8-11,14-15H2/t20-,21+,22-,23-/m1/s1. The Morgan fingerprint density at radius 1 is 0.867 bits per heavy atom. The molecule has 3 saturated heterocycles. The zero-order valence-corrected chi connectivity index (χ0v) is 16.6. The number of hydrogen-bond donors (Lipinski definition) is 0. The van der Waals surface area contributed by atoms with Crippen molar-refractivity contribution in [3.63, 3.8) is 0 Å². The molecule has 3 aliphatic heterocycles. The van der Waals surface area contributed by atoms with Crippen molar-refractivity contribution >= 4 is 5.69 Å². The van der Waals surface area contributed by atoms with Crippen molar-refractivity contribution in [3.05, 3.63) is 54.1 Å². The first kappa shape index (κ1) is 19.2. The van der Waals surface area contributed by atoms with Crippen molar-refractivity contribution < 1.29 is 23.7 Å². The summed E-state index contributed by atoms with van der Waals surface area (Å²) in [6.45, 7) is 4.24. The second-order valence-corrected chi connectivity index (χ2v) is 7.64. The highest BCUT2D eigenvalue weighted by Crippen LogP contribution is 2.33. The highest BCUT2D eigenvalue weighted by atomic mass is 16.6. The van der Waals surface area contributed by atoms with E-state index >= 15 is 0 Å². The smallest absolute Gasteiger partial charge is 0.151 e. The quantitative estimate of drug-likeness (QED) is 0.752. The van der Waals surface area contributed by atoms with E-state index < -0.39 is 0 Å². The number of morpholine rings is 1. The summed E-state index contributed by atoms with van der Waals surface area (Å²) in [6.07, 6.45) is -0.758. The molecule has 3 aliphatic rings. The minimum Gasteiger partial charge on any atom is -0.485 e. The van der Waals surface area contributed by atoms with Gasteiger partial charge >= 0.3 is 0 Å². The molecule has 0 bridgehead atoms. The number of hydrogen-bond acceptors (Lipinski definition) is 7. The molecule has 3 fully saturated rings. The largest absolute Gasteiger partial charge is 0.485 e. The van der Waals surface area contributed by atoms with E-state index in [4.69, 9.17) is 28.9 Å². The number of nitrogens with zero attached hydrogens (tertiary/aromatic N) is 2. The third-order valence-corrected chi connectivity index (χ3v) is 5.71. The number of ether oxygens (including phenoxy) is 5. The van der Waals surface area contributed by atoms with Gasteiger partial charge in [-0.2, -0.15) is 5.26 Å². The van der Waals surface area contributed by atoms with E-state index in [1.54, 1.807) is 12.1 Å². The SMILES string of the molecule is N#Cc1cccc(O[C@H]2CO[C@H]3[C@@H]2OC[C@H]3Oc2ccc(N3CCOCC3)cc2)c1. The maximum atomic E-state index is 9.06. The fourth-order valence-corrected chi connectivity index (χ4v) is 4.18. The highest BCUT2D eigenvalue weighted by Gasteiger charge is 2.50. The molecule has 4 atom stereocenters. The fourth-order valence-electron chi connectivity index (χ4n) is 4.18. The van der Waals surface area contributed by atoms with Gasteiger partial charge in [0.25, 0.3) is 0 Å². The molecule has 2 aromatic carbocycles. The van der Waals surface area contributed by atoms with Gasteiger partial charge in [-0.15, -0.1) is 0 Å². The number of rotatable bonds is 5. The molecule has 0 unspecified atom stereocenters. The zero-order valence-electron chi connectivity index (χ0n) is 16.6. The Balaban J connectivity index is 1.19. The third kappa shape index (κ3) is 3.94. The molecule has 0 spiro atoms. The predicted molar refractivity (Wildman–Crippen MR) is 109 cm³/mol. The molecule has 7 heteroatoms. The zero-order chi connectivity index (χ0) is 20.3. The van der Waals surface area contributed by atoms with E-state index in [1.165, 1.54) is 5.69 Å². The normalized spacial score (nSPS) is 28.0. The Hall–Kier alpha value is -2.79. The van der Waals surface area contributed by atoms with Crippen LogP contribution in [0.3, 0.4) is 0 Å². The van der Waals surface area contributed by atoms with Crippen molar-refractivity contribution in [2.45, 2.75) is 24.4 Å². The Bertz CT molecular complexity index is 907. The summed E-state index contributed by atoms with van der Waals surface area (Å²) < 4.78 is 29.5. The van der Waals surface area contributed by atoms with Crippen LogP contribution in [0.15, 0.2) is 48.5 Å². The van der Waals surface area contributed by atoms with Crippen LogP contribution < -0.4 is 14.4 Å². The van der Waals surface area contributed by atoms with Crippen molar-refractivity contribution in [1.82, 2.24) is 0 Å². The first-order valence-electron chi connectivity index (χ1n) is 10.3. The van der Waals surface area contributed by atoms with Gasteiger partial charge in [0, 0.05) is 18.8 Å². The molecule has 30 heavy (non-hydrogen) atoms.